The van der Waals surface area contributed by atoms with Crippen LogP contribution in [0.25, 0.3) is 0 Å². The molecule has 0 radical (unpaired) electrons. The van der Waals surface area contributed by atoms with Crippen LogP contribution < -0.4 is 14.2 Å². The first-order valence-corrected chi connectivity index (χ1v) is 8.74. The molecule has 0 saturated heterocycles. The summed E-state index contributed by atoms with van der Waals surface area (Å²) in [5, 5.41) is 0. The van der Waals surface area contributed by atoms with Gasteiger partial charge in [0, 0.05) is 17.5 Å². The van der Waals surface area contributed by atoms with Gasteiger partial charge in [0.05, 0.1) is 13.4 Å². The average molecular weight is 329 g/mol. The van der Waals surface area contributed by atoms with Crippen LogP contribution in [0.4, 0.5) is 0 Å². The topological polar surface area (TPSA) is 81.7 Å². The van der Waals surface area contributed by atoms with Crippen LogP contribution in [0.3, 0.4) is 0 Å². The second-order valence-corrected chi connectivity index (χ2v) is 7.79. The molecule has 1 N–H and O–H groups in total. The Kier molecular flexibility index (Phi) is 5.96. The van der Waals surface area contributed by atoms with E-state index in [-0.39, 0.29) is 18.9 Å². The van der Waals surface area contributed by atoms with Gasteiger partial charge in [0.25, 0.3) is 0 Å². The van der Waals surface area contributed by atoms with Crippen LogP contribution in [-0.2, 0) is 10.0 Å². The van der Waals surface area contributed by atoms with Gasteiger partial charge in [-0.3, -0.25) is 4.79 Å². The number of ether oxygens (including phenoxy) is 2. The molecule has 0 aromatic heterocycles. The van der Waals surface area contributed by atoms with Gasteiger partial charge in [0.1, 0.15) is 6.61 Å². The van der Waals surface area contributed by atoms with Crippen LogP contribution >= 0.6 is 0 Å². The zero-order valence-electron chi connectivity index (χ0n) is 13.6. The summed E-state index contributed by atoms with van der Waals surface area (Å²) in [7, 11) is -1.75. The lowest BCUT2D eigenvalue weighted by molar-refractivity contribution is 0.0858. The molecule has 0 aliphatic heterocycles. The molecule has 0 heterocycles. The zero-order valence-corrected chi connectivity index (χ0v) is 14.4. The molecule has 0 aliphatic rings. The minimum absolute atomic E-state index is 0.0103. The van der Waals surface area contributed by atoms with Gasteiger partial charge < -0.3 is 9.47 Å². The normalized spacial score (nSPS) is 12.0. The van der Waals surface area contributed by atoms with Crippen molar-refractivity contribution in [3.63, 3.8) is 0 Å². The van der Waals surface area contributed by atoms with Crippen LogP contribution in [-0.4, -0.2) is 40.7 Å². The Morgan fingerprint density at radius 2 is 1.86 bits per heavy atom. The van der Waals surface area contributed by atoms with Crippen LogP contribution in [0.5, 0.6) is 11.5 Å². The van der Waals surface area contributed by atoms with Crippen LogP contribution in [0.2, 0.25) is 0 Å². The predicted octanol–water partition coefficient (Wildman–Crippen LogP) is 1.85. The molecule has 1 aromatic rings. The lowest BCUT2D eigenvalue weighted by atomic mass is 9.86. The largest absolute Gasteiger partial charge is 0.493 e. The summed E-state index contributed by atoms with van der Waals surface area (Å²) in [5.74, 6) is 0.911. The van der Waals surface area contributed by atoms with Crippen molar-refractivity contribution in [3.8, 4) is 11.5 Å². The molecule has 1 rings (SSSR count). The molecule has 0 amide bonds. The van der Waals surface area contributed by atoms with Gasteiger partial charge in [-0.25, -0.2) is 13.1 Å². The van der Waals surface area contributed by atoms with Crippen LogP contribution in [0, 0.1) is 5.41 Å². The fourth-order valence-electron chi connectivity index (χ4n) is 1.75. The van der Waals surface area contributed by atoms with Gasteiger partial charge in [0.2, 0.25) is 10.0 Å². The van der Waals surface area contributed by atoms with Crippen LogP contribution in [0.1, 0.15) is 31.1 Å². The van der Waals surface area contributed by atoms with E-state index in [1.54, 1.807) is 18.2 Å². The fourth-order valence-corrected chi connectivity index (χ4v) is 2.20. The molecule has 0 atom stereocenters. The highest BCUT2D eigenvalue weighted by atomic mass is 32.2. The molecule has 0 spiro atoms. The molecular weight excluding hydrogens is 306 g/mol. The fraction of sp³-hybridized carbons (Fsp3) is 0.533. The summed E-state index contributed by atoms with van der Waals surface area (Å²) in [6.07, 6.45) is 1.08. The summed E-state index contributed by atoms with van der Waals surface area (Å²) in [6, 6.07) is 4.96. The van der Waals surface area contributed by atoms with E-state index in [2.05, 4.69) is 4.72 Å². The smallest absolute Gasteiger partial charge is 0.208 e. The Hall–Kier alpha value is -1.60. The molecule has 6 nitrogen and oxygen atoms in total. The molecular formula is C15H23NO5S. The number of hydrogen-bond donors (Lipinski definition) is 1. The lowest BCUT2D eigenvalue weighted by Gasteiger charge is -2.18. The van der Waals surface area contributed by atoms with Crippen molar-refractivity contribution in [2.75, 3.05) is 26.5 Å². The second kappa shape index (κ2) is 7.11. The van der Waals surface area contributed by atoms with Gasteiger partial charge in [-0.2, -0.15) is 0 Å². The summed E-state index contributed by atoms with van der Waals surface area (Å²) >= 11 is 0. The number of sulfonamides is 1. The molecule has 0 aliphatic carbocycles. The Morgan fingerprint density at radius 1 is 1.23 bits per heavy atom. The van der Waals surface area contributed by atoms with E-state index >= 15 is 0 Å². The van der Waals surface area contributed by atoms with E-state index in [0.717, 1.165) is 6.26 Å². The van der Waals surface area contributed by atoms with E-state index in [9.17, 15) is 13.2 Å². The first-order chi connectivity index (χ1) is 10.0. The minimum Gasteiger partial charge on any atom is -0.493 e. The van der Waals surface area contributed by atoms with Crippen molar-refractivity contribution in [1.82, 2.24) is 4.72 Å². The van der Waals surface area contributed by atoms with Gasteiger partial charge in [-0.05, 0) is 18.2 Å². The maximum absolute atomic E-state index is 12.2. The molecule has 7 heteroatoms. The third kappa shape index (κ3) is 5.65. The van der Waals surface area contributed by atoms with Crippen molar-refractivity contribution in [2.24, 2.45) is 5.41 Å². The van der Waals surface area contributed by atoms with E-state index < -0.39 is 15.4 Å². The summed E-state index contributed by atoms with van der Waals surface area (Å²) < 4.78 is 34.9. The number of nitrogens with one attached hydrogen (secondary N) is 1. The Balaban J connectivity index is 2.80. The third-order valence-corrected chi connectivity index (χ3v) is 3.56. The number of methoxy groups -OCH3 is 1. The van der Waals surface area contributed by atoms with Crippen molar-refractivity contribution >= 4 is 15.8 Å². The molecule has 0 fully saturated rings. The zero-order chi connectivity index (χ0) is 17.0. The maximum atomic E-state index is 12.2. The molecule has 22 heavy (non-hydrogen) atoms. The van der Waals surface area contributed by atoms with E-state index in [4.69, 9.17) is 9.47 Å². The standard InChI is InChI=1S/C15H23NO5S/c1-15(2,3)14(17)11-6-7-12(13(10-11)20-4)21-9-8-16-22(5,18)19/h6-7,10,16H,8-9H2,1-5H3. The van der Waals surface area contributed by atoms with Gasteiger partial charge in [0.15, 0.2) is 17.3 Å². The van der Waals surface area contributed by atoms with E-state index in [1.165, 1.54) is 7.11 Å². The highest BCUT2D eigenvalue weighted by Crippen LogP contribution is 2.30. The van der Waals surface area contributed by atoms with Crippen molar-refractivity contribution in [3.05, 3.63) is 23.8 Å². The molecule has 0 unspecified atom stereocenters. The van der Waals surface area contributed by atoms with Crippen LogP contribution in [0.15, 0.2) is 18.2 Å². The monoisotopic (exact) mass is 329 g/mol. The van der Waals surface area contributed by atoms with E-state index in [0.29, 0.717) is 17.1 Å². The maximum Gasteiger partial charge on any atom is 0.208 e. The summed E-state index contributed by atoms with van der Waals surface area (Å²) in [5.41, 5.74) is 0.0678. The number of rotatable bonds is 7. The highest BCUT2D eigenvalue weighted by molar-refractivity contribution is 7.88. The summed E-state index contributed by atoms with van der Waals surface area (Å²) in [4.78, 5) is 12.2. The number of ketones is 1. The van der Waals surface area contributed by atoms with Gasteiger partial charge in [-0.15, -0.1) is 0 Å². The number of Topliss-reactive ketones (excluding diaryl/α,β-unsaturated/α-hetero) is 1. The first kappa shape index (κ1) is 18.4. The predicted molar refractivity (Wildman–Crippen MR) is 85.1 cm³/mol. The SMILES string of the molecule is COc1cc(C(=O)C(C)(C)C)ccc1OCCNS(C)(=O)=O. The minimum atomic E-state index is -3.23. The Labute approximate surface area is 131 Å². The molecule has 124 valence electrons. The average Bonchev–Trinajstić information content (AvgIpc) is 2.40. The lowest BCUT2D eigenvalue weighted by Crippen LogP contribution is -2.27. The number of carbonyl (C=O) groups excluding carboxylic acids is 1. The third-order valence-electron chi connectivity index (χ3n) is 2.83. The Bertz CT molecular complexity index is 632. The number of benzene rings is 1. The van der Waals surface area contributed by atoms with Crippen molar-refractivity contribution in [2.45, 2.75) is 20.8 Å². The molecule has 0 bridgehead atoms. The number of hydrogen-bond acceptors (Lipinski definition) is 5. The van der Waals surface area contributed by atoms with Crippen molar-refractivity contribution in [1.29, 1.82) is 0 Å². The molecule has 0 saturated carbocycles. The molecule has 1 aromatic carbocycles. The quantitative estimate of drug-likeness (QED) is 0.610. The second-order valence-electron chi connectivity index (χ2n) is 5.96. The van der Waals surface area contributed by atoms with E-state index in [1.807, 2.05) is 20.8 Å². The highest BCUT2D eigenvalue weighted by Gasteiger charge is 2.23. The number of carbonyl (C=O) groups is 1. The first-order valence-electron chi connectivity index (χ1n) is 6.85. The summed E-state index contributed by atoms with van der Waals surface area (Å²) in [6.45, 7) is 5.87. The Morgan fingerprint density at radius 3 is 2.36 bits per heavy atom. The van der Waals surface area contributed by atoms with Crippen molar-refractivity contribution < 1.29 is 22.7 Å². The van der Waals surface area contributed by atoms with Gasteiger partial charge in [-0.1, -0.05) is 20.8 Å². The van der Waals surface area contributed by atoms with Gasteiger partial charge >= 0.3 is 0 Å².